The minimum Gasteiger partial charge on any atom is -0.307 e. The Morgan fingerprint density at radius 3 is 1.97 bits per heavy atom. The van der Waals surface area contributed by atoms with Gasteiger partial charge in [0.2, 0.25) is 0 Å². The third kappa shape index (κ3) is 2.05. The van der Waals surface area contributed by atoms with E-state index in [1.54, 1.807) is 6.20 Å². The summed E-state index contributed by atoms with van der Waals surface area (Å²) in [7, 11) is 0. The van der Waals surface area contributed by atoms with Gasteiger partial charge in [0.25, 0.3) is 0 Å². The molecule has 0 atom stereocenters. The Morgan fingerprint density at radius 2 is 1.28 bits per heavy atom. The number of pyridine rings is 3. The molecule has 29 heavy (non-hydrogen) atoms. The molecule has 0 aliphatic heterocycles. The van der Waals surface area contributed by atoms with E-state index in [4.69, 9.17) is 0 Å². The number of hydrogen-bond donors (Lipinski definition) is 0. The van der Waals surface area contributed by atoms with Crippen LogP contribution in [0.2, 0.25) is 0 Å². The smallest absolute Gasteiger partial charge is 0.197 e. The first-order valence-electron chi connectivity index (χ1n) is 9.41. The first kappa shape index (κ1) is 16.0. The molecular formula is C25H14N2O2. The fourth-order valence-corrected chi connectivity index (χ4v) is 4.34. The third-order valence-corrected chi connectivity index (χ3v) is 5.59. The van der Waals surface area contributed by atoms with Crippen LogP contribution in [0.1, 0.15) is 0 Å². The molecule has 3 heterocycles. The van der Waals surface area contributed by atoms with E-state index < -0.39 is 0 Å². The fourth-order valence-electron chi connectivity index (χ4n) is 4.34. The van der Waals surface area contributed by atoms with E-state index in [1.165, 1.54) is 0 Å². The molecule has 3 aromatic carbocycles. The second-order valence-electron chi connectivity index (χ2n) is 7.13. The van der Waals surface area contributed by atoms with Crippen molar-refractivity contribution in [3.05, 3.63) is 106 Å². The van der Waals surface area contributed by atoms with Gasteiger partial charge in [-0.25, -0.2) is 0 Å². The van der Waals surface area contributed by atoms with Gasteiger partial charge in [-0.3, -0.25) is 14.6 Å². The van der Waals surface area contributed by atoms with Crippen molar-refractivity contribution in [2.75, 3.05) is 0 Å². The van der Waals surface area contributed by atoms with E-state index in [0.717, 1.165) is 16.6 Å². The van der Waals surface area contributed by atoms with Gasteiger partial charge in [0.05, 0.1) is 27.6 Å². The standard InChI is InChI=1S/C25H14N2O2/c28-24-16-7-1-3-10-20(16)27-21-11-4-2-8-17(21)25(29)22-15(12-13-18(24)23(22)27)19-9-5-6-14-26-19/h1-14H. The van der Waals surface area contributed by atoms with Crippen molar-refractivity contribution < 1.29 is 0 Å². The Kier molecular flexibility index (Phi) is 3.15. The minimum absolute atomic E-state index is 0.0622. The fraction of sp³-hybridized carbons (Fsp3) is 0. The molecule has 0 N–H and O–H groups in total. The maximum absolute atomic E-state index is 13.6. The Bertz CT molecular complexity index is 1670. The largest absolute Gasteiger partial charge is 0.307 e. The molecule has 0 amide bonds. The second-order valence-corrected chi connectivity index (χ2v) is 7.13. The normalized spacial score (nSPS) is 11.7. The van der Waals surface area contributed by atoms with Crippen LogP contribution in [-0.2, 0) is 0 Å². The highest BCUT2D eigenvalue weighted by Crippen LogP contribution is 2.32. The van der Waals surface area contributed by atoms with E-state index in [0.29, 0.717) is 32.8 Å². The zero-order chi connectivity index (χ0) is 19.5. The predicted octanol–water partition coefficient (Wildman–Crippen LogP) is 4.62. The predicted molar refractivity (Wildman–Crippen MR) is 117 cm³/mol. The highest BCUT2D eigenvalue weighted by molar-refractivity contribution is 6.12. The number of nitrogens with zero attached hydrogens (tertiary/aromatic N) is 2. The van der Waals surface area contributed by atoms with Crippen molar-refractivity contribution in [1.82, 2.24) is 9.38 Å². The summed E-state index contributed by atoms with van der Waals surface area (Å²) in [5.74, 6) is 0. The van der Waals surface area contributed by atoms with E-state index in [9.17, 15) is 9.59 Å². The van der Waals surface area contributed by atoms with Crippen molar-refractivity contribution in [1.29, 1.82) is 0 Å². The summed E-state index contributed by atoms with van der Waals surface area (Å²) in [6, 6.07) is 24.4. The number of aromatic nitrogens is 2. The Balaban J connectivity index is 2.04. The van der Waals surface area contributed by atoms with Crippen LogP contribution in [0.15, 0.2) is 94.6 Å². The van der Waals surface area contributed by atoms with Crippen molar-refractivity contribution in [2.45, 2.75) is 0 Å². The van der Waals surface area contributed by atoms with Crippen LogP contribution in [0, 0.1) is 0 Å². The van der Waals surface area contributed by atoms with Gasteiger partial charge in [0.1, 0.15) is 0 Å². The van der Waals surface area contributed by atoms with E-state index in [-0.39, 0.29) is 10.9 Å². The van der Waals surface area contributed by atoms with Crippen LogP contribution in [0.4, 0.5) is 0 Å². The molecule has 0 fully saturated rings. The summed E-state index contributed by atoms with van der Waals surface area (Å²) in [5, 5.41) is 2.34. The zero-order valence-corrected chi connectivity index (χ0v) is 15.3. The van der Waals surface area contributed by atoms with Gasteiger partial charge in [-0.05, 0) is 42.5 Å². The molecule has 6 aromatic rings. The molecule has 6 rings (SSSR count). The van der Waals surface area contributed by atoms with E-state index in [1.807, 2.05) is 83.3 Å². The molecule has 0 saturated heterocycles. The molecule has 0 aliphatic carbocycles. The molecule has 0 saturated carbocycles. The molecule has 0 unspecified atom stereocenters. The van der Waals surface area contributed by atoms with Crippen molar-refractivity contribution >= 4 is 38.1 Å². The molecule has 4 nitrogen and oxygen atoms in total. The number of rotatable bonds is 1. The molecule has 0 bridgehead atoms. The van der Waals surface area contributed by atoms with Crippen LogP contribution >= 0.6 is 0 Å². The van der Waals surface area contributed by atoms with Crippen molar-refractivity contribution in [3.63, 3.8) is 0 Å². The monoisotopic (exact) mass is 374 g/mol. The summed E-state index contributed by atoms with van der Waals surface area (Å²) in [6.07, 6.45) is 1.71. The van der Waals surface area contributed by atoms with Crippen molar-refractivity contribution in [2.24, 2.45) is 0 Å². The van der Waals surface area contributed by atoms with Gasteiger partial charge >= 0.3 is 0 Å². The lowest BCUT2D eigenvalue weighted by Gasteiger charge is -2.16. The summed E-state index contributed by atoms with van der Waals surface area (Å²) in [5.41, 5.74) is 3.55. The molecule has 0 radical (unpaired) electrons. The van der Waals surface area contributed by atoms with Gasteiger partial charge in [-0.1, -0.05) is 36.4 Å². The molecule has 3 aromatic heterocycles. The van der Waals surface area contributed by atoms with Gasteiger partial charge in [0.15, 0.2) is 10.9 Å². The van der Waals surface area contributed by atoms with Crippen LogP contribution in [0.25, 0.3) is 49.4 Å². The summed E-state index contributed by atoms with van der Waals surface area (Å²) < 4.78 is 2.05. The SMILES string of the molecule is O=c1c2ccccc2n2c3ccccc3c(=O)c3c(-c4ccccn4)ccc1c32. The Morgan fingerprint density at radius 1 is 0.621 bits per heavy atom. The molecular weight excluding hydrogens is 360 g/mol. The number of para-hydroxylation sites is 2. The quantitative estimate of drug-likeness (QED) is 0.312. The topological polar surface area (TPSA) is 51.4 Å². The van der Waals surface area contributed by atoms with Crippen molar-refractivity contribution in [3.8, 4) is 11.3 Å². The third-order valence-electron chi connectivity index (χ3n) is 5.59. The Hall–Kier alpha value is -4.05. The maximum Gasteiger partial charge on any atom is 0.197 e. The first-order valence-corrected chi connectivity index (χ1v) is 9.41. The van der Waals surface area contributed by atoms with E-state index in [2.05, 4.69) is 4.98 Å². The van der Waals surface area contributed by atoms with Crippen LogP contribution in [0.3, 0.4) is 0 Å². The van der Waals surface area contributed by atoms with Crippen LogP contribution < -0.4 is 10.9 Å². The van der Waals surface area contributed by atoms with Gasteiger partial charge in [-0.15, -0.1) is 0 Å². The second kappa shape index (κ2) is 5.72. The van der Waals surface area contributed by atoms with Gasteiger partial charge < -0.3 is 4.40 Å². The highest BCUT2D eigenvalue weighted by atomic mass is 16.1. The van der Waals surface area contributed by atoms with E-state index >= 15 is 0 Å². The average Bonchev–Trinajstić information content (AvgIpc) is 2.79. The Labute approximate surface area is 164 Å². The summed E-state index contributed by atoms with van der Waals surface area (Å²) >= 11 is 0. The number of hydrogen-bond acceptors (Lipinski definition) is 3. The lowest BCUT2D eigenvalue weighted by molar-refractivity contribution is 1.30. The first-order chi connectivity index (χ1) is 14.3. The number of fused-ring (bicyclic) bond motifs is 4. The molecule has 136 valence electrons. The highest BCUT2D eigenvalue weighted by Gasteiger charge is 2.19. The van der Waals surface area contributed by atoms with Crippen LogP contribution in [-0.4, -0.2) is 9.38 Å². The minimum atomic E-state index is -0.0819. The lowest BCUT2D eigenvalue weighted by atomic mass is 9.97. The maximum atomic E-state index is 13.6. The summed E-state index contributed by atoms with van der Waals surface area (Å²) in [6.45, 7) is 0. The summed E-state index contributed by atoms with van der Waals surface area (Å²) in [4.78, 5) is 31.3. The molecule has 4 heteroatoms. The van der Waals surface area contributed by atoms with Crippen LogP contribution in [0.5, 0.6) is 0 Å². The molecule has 0 aliphatic rings. The lowest BCUT2D eigenvalue weighted by Crippen LogP contribution is -2.14. The zero-order valence-electron chi connectivity index (χ0n) is 15.3. The molecule has 0 spiro atoms. The van der Waals surface area contributed by atoms with Gasteiger partial charge in [-0.2, -0.15) is 0 Å². The average molecular weight is 374 g/mol. The number of benzene rings is 3. The van der Waals surface area contributed by atoms with Gasteiger partial charge in [0, 0.05) is 27.9 Å².